The van der Waals surface area contributed by atoms with Crippen molar-refractivity contribution in [1.82, 2.24) is 4.90 Å². The van der Waals surface area contributed by atoms with Gasteiger partial charge in [0.05, 0.1) is 35.5 Å². The molecule has 0 saturated carbocycles. The number of methoxy groups -OCH3 is 5. The number of ether oxygens (including phenoxy) is 5. The van der Waals surface area contributed by atoms with Crippen LogP contribution >= 0.6 is 0 Å². The van der Waals surface area contributed by atoms with Crippen LogP contribution in [-0.2, 0) is 13.0 Å². The van der Waals surface area contributed by atoms with Crippen LogP contribution < -0.4 is 23.7 Å². The first-order chi connectivity index (χ1) is 13.7. The van der Waals surface area contributed by atoms with Gasteiger partial charge >= 0.3 is 0 Å². The molecule has 0 spiro atoms. The average molecular weight is 383 g/mol. The van der Waals surface area contributed by atoms with Crippen molar-refractivity contribution in [3.05, 3.63) is 40.5 Å². The molecule has 2 aliphatic rings. The minimum atomic E-state index is 0.639. The van der Waals surface area contributed by atoms with Crippen LogP contribution in [0.2, 0.25) is 0 Å². The predicted molar refractivity (Wildman–Crippen MR) is 108 cm³/mol. The van der Waals surface area contributed by atoms with Gasteiger partial charge in [-0.1, -0.05) is 6.07 Å². The molecule has 28 heavy (non-hydrogen) atoms. The molecule has 2 heterocycles. The van der Waals surface area contributed by atoms with Gasteiger partial charge in [0.25, 0.3) is 0 Å². The molecular formula is C22H25NO5. The fraction of sp³-hybridized carbons (Fsp3) is 0.364. The van der Waals surface area contributed by atoms with Crippen LogP contribution in [0.3, 0.4) is 0 Å². The maximum absolute atomic E-state index is 5.71. The lowest BCUT2D eigenvalue weighted by molar-refractivity contribution is 0.313. The number of hydrogen-bond acceptors (Lipinski definition) is 6. The number of fused-ring (bicyclic) bond motifs is 4. The van der Waals surface area contributed by atoms with Gasteiger partial charge in [-0.15, -0.1) is 0 Å². The quantitative estimate of drug-likeness (QED) is 0.786. The van der Waals surface area contributed by atoms with Crippen molar-refractivity contribution in [3.63, 3.8) is 0 Å². The second kappa shape index (κ2) is 7.19. The van der Waals surface area contributed by atoms with Gasteiger partial charge in [-0.05, 0) is 30.2 Å². The average Bonchev–Trinajstić information content (AvgIpc) is 2.74. The van der Waals surface area contributed by atoms with Gasteiger partial charge in [0.1, 0.15) is 0 Å². The Bertz CT molecular complexity index is 951. The van der Waals surface area contributed by atoms with Crippen LogP contribution in [0.5, 0.6) is 28.7 Å². The molecule has 0 amide bonds. The predicted octanol–water partition coefficient (Wildman–Crippen LogP) is 3.60. The van der Waals surface area contributed by atoms with Crippen molar-refractivity contribution >= 4 is 11.8 Å². The highest BCUT2D eigenvalue weighted by Crippen LogP contribution is 2.49. The molecule has 4 rings (SSSR count). The topological polar surface area (TPSA) is 49.4 Å². The van der Waals surface area contributed by atoms with Crippen molar-refractivity contribution in [2.75, 3.05) is 42.1 Å². The Morgan fingerprint density at radius 1 is 0.750 bits per heavy atom. The Labute approximate surface area is 165 Å². The van der Waals surface area contributed by atoms with Crippen LogP contribution in [0, 0.1) is 0 Å². The summed E-state index contributed by atoms with van der Waals surface area (Å²) in [6, 6.07) is 6.07. The van der Waals surface area contributed by atoms with E-state index in [9.17, 15) is 0 Å². The van der Waals surface area contributed by atoms with E-state index in [1.807, 2.05) is 12.1 Å². The van der Waals surface area contributed by atoms with Gasteiger partial charge in [-0.2, -0.15) is 0 Å². The molecule has 0 aliphatic carbocycles. The Hall–Kier alpha value is -3.02. The smallest absolute Gasteiger partial charge is 0.203 e. The Morgan fingerprint density at radius 3 is 2.11 bits per heavy atom. The Morgan fingerprint density at radius 2 is 1.46 bits per heavy atom. The fourth-order valence-corrected chi connectivity index (χ4v) is 4.21. The Balaban J connectivity index is 1.91. The third kappa shape index (κ3) is 2.63. The lowest BCUT2D eigenvalue weighted by atomic mass is 9.89. The summed E-state index contributed by atoms with van der Waals surface area (Å²) in [5.41, 5.74) is 5.68. The third-order valence-corrected chi connectivity index (χ3v) is 5.51. The Kier molecular flexibility index (Phi) is 4.71. The third-order valence-electron chi connectivity index (χ3n) is 5.51. The summed E-state index contributed by atoms with van der Waals surface area (Å²) in [5, 5.41) is 0. The van der Waals surface area contributed by atoms with E-state index in [0.717, 1.165) is 64.7 Å². The number of hydrogen-bond donors (Lipinski definition) is 0. The minimum absolute atomic E-state index is 0.639. The molecule has 0 atom stereocenters. The molecule has 2 aromatic carbocycles. The number of rotatable bonds is 5. The van der Waals surface area contributed by atoms with Crippen LogP contribution in [-0.4, -0.2) is 47.0 Å². The molecule has 0 N–H and O–H groups in total. The zero-order valence-corrected chi connectivity index (χ0v) is 16.9. The molecule has 6 heteroatoms. The highest BCUT2D eigenvalue weighted by molar-refractivity contribution is 5.88. The highest BCUT2D eigenvalue weighted by Gasteiger charge is 2.32. The molecule has 0 bridgehead atoms. The fourth-order valence-electron chi connectivity index (χ4n) is 4.21. The summed E-state index contributed by atoms with van der Waals surface area (Å²) in [4.78, 5) is 2.36. The molecule has 2 aromatic rings. The van der Waals surface area contributed by atoms with Gasteiger partial charge in [0.15, 0.2) is 23.0 Å². The van der Waals surface area contributed by atoms with Crippen LogP contribution in [0.1, 0.15) is 22.3 Å². The van der Waals surface area contributed by atoms with E-state index in [0.29, 0.717) is 11.5 Å². The van der Waals surface area contributed by atoms with Crippen LogP contribution in [0.4, 0.5) is 0 Å². The van der Waals surface area contributed by atoms with E-state index < -0.39 is 0 Å². The zero-order valence-electron chi connectivity index (χ0n) is 16.9. The van der Waals surface area contributed by atoms with E-state index in [1.54, 1.807) is 35.5 Å². The van der Waals surface area contributed by atoms with E-state index in [2.05, 4.69) is 17.0 Å². The highest BCUT2D eigenvalue weighted by atomic mass is 16.5. The molecule has 0 aromatic heterocycles. The van der Waals surface area contributed by atoms with Gasteiger partial charge in [-0.3, -0.25) is 0 Å². The molecule has 148 valence electrons. The van der Waals surface area contributed by atoms with Crippen LogP contribution in [0.25, 0.3) is 11.8 Å². The molecule has 6 nitrogen and oxygen atoms in total. The SMILES string of the molecule is COc1ccc2c(c1OC)CN1CCc3c(cc(OC)c(OC)c3OC)C1=C2. The first-order valence-electron chi connectivity index (χ1n) is 9.19. The largest absolute Gasteiger partial charge is 0.493 e. The molecule has 0 fully saturated rings. The monoisotopic (exact) mass is 383 g/mol. The minimum Gasteiger partial charge on any atom is -0.493 e. The van der Waals surface area contributed by atoms with Crippen molar-refractivity contribution in [2.45, 2.75) is 13.0 Å². The van der Waals surface area contributed by atoms with E-state index in [-0.39, 0.29) is 0 Å². The standard InChI is InChI=1S/C22H25NO5/c1-24-18-7-6-13-10-17-15-11-19(25-2)22(28-5)21(27-4)14(15)8-9-23(17)12-16(13)20(18)26-3/h6-7,10-11H,8-9,12H2,1-5H3. The van der Waals surface area contributed by atoms with Crippen LogP contribution in [0.15, 0.2) is 18.2 Å². The maximum atomic E-state index is 5.71. The van der Waals surface area contributed by atoms with Gasteiger partial charge in [0.2, 0.25) is 5.75 Å². The molecule has 0 radical (unpaired) electrons. The summed E-state index contributed by atoms with van der Waals surface area (Å²) in [5.74, 6) is 3.60. The first-order valence-corrected chi connectivity index (χ1v) is 9.19. The molecular weight excluding hydrogens is 358 g/mol. The summed E-state index contributed by atoms with van der Waals surface area (Å²) in [6.07, 6.45) is 3.06. The second-order valence-corrected chi connectivity index (χ2v) is 6.74. The summed E-state index contributed by atoms with van der Waals surface area (Å²) in [6.45, 7) is 1.64. The normalized spacial score (nSPS) is 14.3. The van der Waals surface area contributed by atoms with E-state index >= 15 is 0 Å². The lowest BCUT2D eigenvalue weighted by Gasteiger charge is -2.38. The molecule has 0 unspecified atom stereocenters. The van der Waals surface area contributed by atoms with Crippen molar-refractivity contribution < 1.29 is 23.7 Å². The van der Waals surface area contributed by atoms with Gasteiger partial charge < -0.3 is 28.6 Å². The van der Waals surface area contributed by atoms with Crippen molar-refractivity contribution in [3.8, 4) is 28.7 Å². The van der Waals surface area contributed by atoms with Gasteiger partial charge in [0, 0.05) is 35.5 Å². The van der Waals surface area contributed by atoms with E-state index in [1.165, 1.54) is 0 Å². The summed E-state index contributed by atoms with van der Waals surface area (Å²) >= 11 is 0. The maximum Gasteiger partial charge on any atom is 0.203 e. The summed E-state index contributed by atoms with van der Waals surface area (Å²) < 4.78 is 28.0. The number of nitrogens with zero attached hydrogens (tertiary/aromatic N) is 1. The van der Waals surface area contributed by atoms with Crippen molar-refractivity contribution in [1.29, 1.82) is 0 Å². The summed E-state index contributed by atoms with van der Waals surface area (Å²) in [7, 11) is 8.30. The molecule has 0 saturated heterocycles. The zero-order chi connectivity index (χ0) is 19.8. The van der Waals surface area contributed by atoms with Gasteiger partial charge in [-0.25, -0.2) is 0 Å². The number of benzene rings is 2. The first kappa shape index (κ1) is 18.3. The van der Waals surface area contributed by atoms with E-state index in [4.69, 9.17) is 23.7 Å². The van der Waals surface area contributed by atoms with Crippen molar-refractivity contribution in [2.24, 2.45) is 0 Å². The second-order valence-electron chi connectivity index (χ2n) is 6.74. The molecule has 2 aliphatic heterocycles. The lowest BCUT2D eigenvalue weighted by Crippen LogP contribution is -2.32.